The second-order valence-corrected chi connectivity index (χ2v) is 6.40. The van der Waals surface area contributed by atoms with Crippen molar-refractivity contribution in [1.29, 1.82) is 0 Å². The van der Waals surface area contributed by atoms with Crippen LogP contribution in [0.25, 0.3) is 16.8 Å². The minimum atomic E-state index is -0.260. The maximum atomic E-state index is 13.0. The lowest BCUT2D eigenvalue weighted by atomic mass is 10.0. The van der Waals surface area contributed by atoms with Crippen molar-refractivity contribution in [1.82, 2.24) is 0 Å². The van der Waals surface area contributed by atoms with E-state index in [0.717, 1.165) is 16.3 Å². The highest BCUT2D eigenvalue weighted by atomic mass is 16.7. The maximum Gasteiger partial charge on any atom is 0.193 e. The molecule has 0 atom stereocenters. The van der Waals surface area contributed by atoms with Crippen molar-refractivity contribution in [2.75, 3.05) is 34.9 Å². The summed E-state index contributed by atoms with van der Waals surface area (Å²) in [4.78, 5) is 13.0. The molecule has 0 unspecified atom stereocenters. The van der Waals surface area contributed by atoms with Crippen molar-refractivity contribution in [3.05, 3.63) is 71.8 Å². The van der Waals surface area contributed by atoms with Crippen LogP contribution in [0.2, 0.25) is 0 Å². The smallest absolute Gasteiger partial charge is 0.193 e. The predicted molar refractivity (Wildman–Crippen MR) is 115 cm³/mol. The van der Waals surface area contributed by atoms with Crippen LogP contribution in [0, 0.1) is 0 Å². The molecule has 0 saturated carbocycles. The predicted octanol–water partition coefficient (Wildman–Crippen LogP) is 4.71. The molecule has 0 N–H and O–H groups in total. The van der Waals surface area contributed by atoms with Crippen LogP contribution in [0.1, 0.15) is 15.9 Å². The van der Waals surface area contributed by atoms with Crippen molar-refractivity contribution in [3.8, 4) is 17.2 Å². The summed E-state index contributed by atoms with van der Waals surface area (Å²) < 4.78 is 26.4. The van der Waals surface area contributed by atoms with Gasteiger partial charge >= 0.3 is 0 Å². The number of rotatable bonds is 10. The number of benzene rings is 3. The first-order valence-corrected chi connectivity index (χ1v) is 9.33. The highest BCUT2D eigenvalue weighted by Gasteiger charge is 2.19. The Kier molecular flexibility index (Phi) is 7.43. The van der Waals surface area contributed by atoms with E-state index in [1.165, 1.54) is 27.4 Å². The van der Waals surface area contributed by atoms with Gasteiger partial charge in [-0.05, 0) is 28.5 Å². The van der Waals surface area contributed by atoms with E-state index >= 15 is 0 Å². The number of ketones is 1. The number of carbonyl (C=O) groups is 1. The third-order valence-electron chi connectivity index (χ3n) is 4.38. The average molecular weight is 408 g/mol. The molecule has 0 aliphatic heterocycles. The third-order valence-corrected chi connectivity index (χ3v) is 4.38. The first-order valence-electron chi connectivity index (χ1n) is 9.33. The Bertz CT molecular complexity index is 1040. The fourth-order valence-electron chi connectivity index (χ4n) is 2.98. The minimum absolute atomic E-state index is 0.0223. The van der Waals surface area contributed by atoms with E-state index in [1.807, 2.05) is 42.5 Å². The van der Waals surface area contributed by atoms with Crippen molar-refractivity contribution in [3.63, 3.8) is 0 Å². The molecule has 0 fully saturated rings. The van der Waals surface area contributed by atoms with Gasteiger partial charge in [0.15, 0.2) is 19.4 Å². The molecule has 3 aromatic rings. The molecule has 6 heteroatoms. The Balaban J connectivity index is 1.92. The van der Waals surface area contributed by atoms with Gasteiger partial charge in [0.2, 0.25) is 0 Å². The molecule has 0 amide bonds. The average Bonchev–Trinajstić information content (AvgIpc) is 2.79. The normalized spacial score (nSPS) is 11.0. The number of ether oxygens (including phenoxy) is 5. The number of carbonyl (C=O) groups excluding carboxylic acids is 1. The van der Waals surface area contributed by atoms with Crippen LogP contribution in [-0.4, -0.2) is 40.7 Å². The minimum Gasteiger partial charge on any atom is -0.496 e. The van der Waals surface area contributed by atoms with Gasteiger partial charge in [-0.3, -0.25) is 4.79 Å². The van der Waals surface area contributed by atoms with Crippen LogP contribution < -0.4 is 14.2 Å². The molecule has 0 aliphatic rings. The van der Waals surface area contributed by atoms with Crippen molar-refractivity contribution < 1.29 is 28.5 Å². The highest BCUT2D eigenvalue weighted by Crippen LogP contribution is 2.35. The Labute approximate surface area is 175 Å². The summed E-state index contributed by atoms with van der Waals surface area (Å²) in [7, 11) is 4.51. The van der Waals surface area contributed by atoms with Gasteiger partial charge in [-0.25, -0.2) is 0 Å². The molecule has 6 nitrogen and oxygen atoms in total. The van der Waals surface area contributed by atoms with Gasteiger partial charge in [0.05, 0.1) is 7.11 Å². The van der Waals surface area contributed by atoms with Gasteiger partial charge in [0, 0.05) is 26.4 Å². The number of methoxy groups -OCH3 is 3. The standard InChI is InChI=1S/C24H24O6/c1-26-15-29-20-13-22(28-3)24(23(14-20)30-16-27-2)21(25)11-9-17-8-10-18-6-4-5-7-19(18)12-17/h4-14H,15-16H2,1-3H3/b11-9+. The number of fused-ring (bicyclic) bond motifs is 1. The molecule has 0 spiro atoms. The SMILES string of the molecule is COCOc1cc(OC)c(C(=O)/C=C/c2ccc3ccccc3c2)c(OCOC)c1. The summed E-state index contributed by atoms with van der Waals surface area (Å²) in [5, 5.41) is 2.25. The molecule has 0 heterocycles. The fourth-order valence-corrected chi connectivity index (χ4v) is 2.98. The van der Waals surface area contributed by atoms with Crippen molar-refractivity contribution in [2.45, 2.75) is 0 Å². The first kappa shape index (κ1) is 21.4. The third kappa shape index (κ3) is 5.17. The quantitative estimate of drug-likeness (QED) is 0.275. The van der Waals surface area contributed by atoms with E-state index in [-0.39, 0.29) is 24.9 Å². The number of allylic oxidation sites excluding steroid dienone is 1. The lowest BCUT2D eigenvalue weighted by molar-refractivity contribution is 0.0453. The van der Waals surface area contributed by atoms with Crippen LogP contribution in [0.4, 0.5) is 0 Å². The summed E-state index contributed by atoms with van der Waals surface area (Å²) >= 11 is 0. The van der Waals surface area contributed by atoms with Crippen LogP contribution in [0.3, 0.4) is 0 Å². The van der Waals surface area contributed by atoms with Crippen molar-refractivity contribution in [2.24, 2.45) is 0 Å². The zero-order valence-corrected chi connectivity index (χ0v) is 17.2. The van der Waals surface area contributed by atoms with E-state index in [2.05, 4.69) is 0 Å². The number of hydrogen-bond acceptors (Lipinski definition) is 6. The topological polar surface area (TPSA) is 63.2 Å². The van der Waals surface area contributed by atoms with Crippen molar-refractivity contribution >= 4 is 22.6 Å². The highest BCUT2D eigenvalue weighted by molar-refractivity contribution is 6.10. The summed E-state index contributed by atoms with van der Waals surface area (Å²) in [6, 6.07) is 17.3. The van der Waals surface area contributed by atoms with Gasteiger partial charge in [0.1, 0.15) is 22.8 Å². The molecule has 3 rings (SSSR count). The van der Waals surface area contributed by atoms with Gasteiger partial charge < -0.3 is 23.7 Å². The Morgan fingerprint density at radius 2 is 1.53 bits per heavy atom. The van der Waals surface area contributed by atoms with Gasteiger partial charge in [0.25, 0.3) is 0 Å². The molecule has 0 saturated heterocycles. The van der Waals surface area contributed by atoms with Crippen LogP contribution in [-0.2, 0) is 9.47 Å². The molecule has 3 aromatic carbocycles. The van der Waals surface area contributed by atoms with Gasteiger partial charge in [-0.15, -0.1) is 0 Å². The van der Waals surface area contributed by atoms with E-state index in [9.17, 15) is 4.79 Å². The molecule has 156 valence electrons. The molecule has 0 radical (unpaired) electrons. The lowest BCUT2D eigenvalue weighted by Crippen LogP contribution is -2.08. The molecule has 0 aromatic heterocycles. The fraction of sp³-hybridized carbons (Fsp3) is 0.208. The monoisotopic (exact) mass is 408 g/mol. The first-order chi connectivity index (χ1) is 14.7. The number of hydrogen-bond donors (Lipinski definition) is 0. The van der Waals surface area contributed by atoms with Crippen LogP contribution >= 0.6 is 0 Å². The van der Waals surface area contributed by atoms with Crippen LogP contribution in [0.5, 0.6) is 17.2 Å². The summed E-state index contributed by atoms with van der Waals surface area (Å²) in [5.74, 6) is 0.831. The maximum absolute atomic E-state index is 13.0. The largest absolute Gasteiger partial charge is 0.496 e. The molecular weight excluding hydrogens is 384 g/mol. The summed E-state index contributed by atoms with van der Waals surface area (Å²) in [6.07, 6.45) is 3.26. The zero-order chi connectivity index (χ0) is 21.3. The summed E-state index contributed by atoms with van der Waals surface area (Å²) in [5.41, 5.74) is 1.21. The summed E-state index contributed by atoms with van der Waals surface area (Å²) in [6.45, 7) is 0.0353. The molecule has 0 bridgehead atoms. The molecular formula is C24H24O6. The van der Waals surface area contributed by atoms with E-state index in [4.69, 9.17) is 23.7 Å². The molecule has 0 aliphatic carbocycles. The molecule has 30 heavy (non-hydrogen) atoms. The Morgan fingerprint density at radius 1 is 0.833 bits per heavy atom. The van der Waals surface area contributed by atoms with Gasteiger partial charge in [-0.2, -0.15) is 0 Å². The van der Waals surface area contributed by atoms with Crippen LogP contribution in [0.15, 0.2) is 60.7 Å². The lowest BCUT2D eigenvalue weighted by Gasteiger charge is -2.15. The second-order valence-electron chi connectivity index (χ2n) is 6.40. The second kappa shape index (κ2) is 10.4. The van der Waals surface area contributed by atoms with E-state index < -0.39 is 0 Å². The van der Waals surface area contributed by atoms with E-state index in [0.29, 0.717) is 17.2 Å². The van der Waals surface area contributed by atoms with Gasteiger partial charge in [-0.1, -0.05) is 42.5 Å². The van der Waals surface area contributed by atoms with E-state index in [1.54, 1.807) is 18.2 Å². The zero-order valence-electron chi connectivity index (χ0n) is 17.2. The Hall–Kier alpha value is -3.35. The Morgan fingerprint density at radius 3 is 2.27 bits per heavy atom.